The zero-order chi connectivity index (χ0) is 11.9. The molecule has 0 aliphatic heterocycles. The summed E-state index contributed by atoms with van der Waals surface area (Å²) in [5, 5.41) is 9.22. The molecule has 0 aromatic rings. The maximum Gasteiger partial charge on any atom is 0.0894 e. The Morgan fingerprint density at radius 3 is 2.13 bits per heavy atom. The van der Waals surface area contributed by atoms with Crippen LogP contribution in [0.15, 0.2) is 23.5 Å². The Hall–Kier alpha value is -0.720. The molecule has 0 radical (unpaired) electrons. The Bertz CT molecular complexity index is 228. The van der Waals surface area contributed by atoms with Gasteiger partial charge in [-0.3, -0.25) is 0 Å². The molecule has 1 nitrogen and oxygen atoms in total. The molecular formula is C14H26O. The van der Waals surface area contributed by atoms with Gasteiger partial charge in [-0.15, -0.1) is 0 Å². The van der Waals surface area contributed by atoms with E-state index in [1.807, 2.05) is 13.0 Å². The molecule has 0 saturated carbocycles. The Labute approximate surface area is 94.9 Å². The van der Waals surface area contributed by atoms with Crippen LogP contribution in [0.5, 0.6) is 0 Å². The third-order valence-electron chi connectivity index (χ3n) is 3.49. The van der Waals surface area contributed by atoms with E-state index in [4.69, 9.17) is 0 Å². The van der Waals surface area contributed by atoms with Crippen molar-refractivity contribution in [3.63, 3.8) is 0 Å². The summed E-state index contributed by atoms with van der Waals surface area (Å²) in [6.07, 6.45) is 8.66. The Kier molecular flexibility index (Phi) is 6.38. The lowest BCUT2D eigenvalue weighted by Crippen LogP contribution is -2.13. The highest BCUT2D eigenvalue weighted by Crippen LogP contribution is 2.32. The molecule has 0 fully saturated rings. The number of aliphatic hydroxyl groups is 1. The van der Waals surface area contributed by atoms with Crippen LogP contribution in [0.3, 0.4) is 0 Å². The van der Waals surface area contributed by atoms with Gasteiger partial charge in [0.15, 0.2) is 0 Å². The van der Waals surface area contributed by atoms with Gasteiger partial charge < -0.3 is 5.11 Å². The minimum Gasteiger partial charge on any atom is -0.513 e. The average Bonchev–Trinajstić information content (AvgIpc) is 2.23. The van der Waals surface area contributed by atoms with E-state index in [2.05, 4.69) is 26.8 Å². The van der Waals surface area contributed by atoms with Crippen molar-refractivity contribution in [3.05, 3.63) is 23.5 Å². The largest absolute Gasteiger partial charge is 0.513 e. The van der Waals surface area contributed by atoms with E-state index in [9.17, 15) is 5.11 Å². The van der Waals surface area contributed by atoms with Gasteiger partial charge in [0.1, 0.15) is 0 Å². The molecule has 0 aliphatic carbocycles. The lowest BCUT2D eigenvalue weighted by atomic mass is 9.79. The lowest BCUT2D eigenvalue weighted by molar-refractivity contribution is 0.273. The first-order chi connectivity index (χ1) is 6.97. The second kappa shape index (κ2) is 6.71. The molecule has 0 atom stereocenters. The van der Waals surface area contributed by atoms with Crippen molar-refractivity contribution in [3.8, 4) is 0 Å². The van der Waals surface area contributed by atoms with Gasteiger partial charge >= 0.3 is 0 Å². The minimum atomic E-state index is 0.401. The molecule has 88 valence electrons. The number of hydrogen-bond acceptors (Lipinski definition) is 1. The summed E-state index contributed by atoms with van der Waals surface area (Å²) in [6, 6.07) is 0. The summed E-state index contributed by atoms with van der Waals surface area (Å²) in [5.74, 6) is 0.401. The third kappa shape index (κ3) is 5.66. The van der Waals surface area contributed by atoms with Gasteiger partial charge in [-0.05, 0) is 43.8 Å². The van der Waals surface area contributed by atoms with E-state index >= 15 is 0 Å². The van der Waals surface area contributed by atoms with E-state index in [1.54, 1.807) is 6.92 Å². The zero-order valence-corrected chi connectivity index (χ0v) is 10.9. The van der Waals surface area contributed by atoms with Crippen LogP contribution in [0, 0.1) is 5.41 Å². The van der Waals surface area contributed by atoms with Crippen molar-refractivity contribution in [2.75, 3.05) is 0 Å². The van der Waals surface area contributed by atoms with Crippen LogP contribution in [-0.2, 0) is 0 Å². The fraction of sp³-hybridized carbons (Fsp3) is 0.714. The summed E-state index contributed by atoms with van der Waals surface area (Å²) < 4.78 is 0. The van der Waals surface area contributed by atoms with Crippen molar-refractivity contribution in [1.29, 1.82) is 0 Å². The van der Waals surface area contributed by atoms with Crippen molar-refractivity contribution >= 4 is 0 Å². The first-order valence-corrected chi connectivity index (χ1v) is 6.00. The van der Waals surface area contributed by atoms with Crippen molar-refractivity contribution in [2.45, 2.75) is 60.3 Å². The number of hydrogen-bond donors (Lipinski definition) is 1. The molecule has 15 heavy (non-hydrogen) atoms. The molecule has 0 aromatic heterocycles. The fourth-order valence-corrected chi connectivity index (χ4v) is 1.62. The minimum absolute atomic E-state index is 0.401. The SMILES string of the molecule is C/C=C(\C=C(/C)O)CCC(C)(CC)CC. The molecule has 1 N–H and O–H groups in total. The Morgan fingerprint density at radius 1 is 1.27 bits per heavy atom. The van der Waals surface area contributed by atoms with Crippen LogP contribution < -0.4 is 0 Å². The zero-order valence-electron chi connectivity index (χ0n) is 10.9. The normalized spacial score (nSPS) is 14.5. The molecule has 0 rings (SSSR count). The van der Waals surface area contributed by atoms with Gasteiger partial charge in [-0.2, -0.15) is 0 Å². The predicted molar refractivity (Wildman–Crippen MR) is 68.1 cm³/mol. The second-order valence-corrected chi connectivity index (χ2v) is 4.67. The molecular weight excluding hydrogens is 184 g/mol. The Morgan fingerprint density at radius 2 is 1.80 bits per heavy atom. The third-order valence-corrected chi connectivity index (χ3v) is 3.49. The van der Waals surface area contributed by atoms with E-state index in [1.165, 1.54) is 24.8 Å². The van der Waals surface area contributed by atoms with E-state index < -0.39 is 0 Å². The van der Waals surface area contributed by atoms with Crippen molar-refractivity contribution in [2.24, 2.45) is 5.41 Å². The summed E-state index contributed by atoms with van der Waals surface area (Å²) >= 11 is 0. The lowest BCUT2D eigenvalue weighted by Gasteiger charge is -2.26. The molecule has 0 unspecified atom stereocenters. The maximum absolute atomic E-state index is 9.22. The maximum atomic E-state index is 9.22. The second-order valence-electron chi connectivity index (χ2n) is 4.67. The Balaban J connectivity index is 4.30. The average molecular weight is 210 g/mol. The highest BCUT2D eigenvalue weighted by atomic mass is 16.3. The van der Waals surface area contributed by atoms with Crippen LogP contribution in [0.25, 0.3) is 0 Å². The monoisotopic (exact) mass is 210 g/mol. The molecule has 0 heterocycles. The van der Waals surface area contributed by atoms with Gasteiger partial charge in [0, 0.05) is 0 Å². The molecule has 0 amide bonds. The fourth-order valence-electron chi connectivity index (χ4n) is 1.62. The van der Waals surface area contributed by atoms with E-state index in [-0.39, 0.29) is 0 Å². The van der Waals surface area contributed by atoms with Crippen molar-refractivity contribution < 1.29 is 5.11 Å². The van der Waals surface area contributed by atoms with Gasteiger partial charge in [0.25, 0.3) is 0 Å². The predicted octanol–water partition coefficient (Wildman–Crippen LogP) is 5.00. The van der Waals surface area contributed by atoms with Crippen LogP contribution in [0.2, 0.25) is 0 Å². The highest BCUT2D eigenvalue weighted by Gasteiger charge is 2.19. The summed E-state index contributed by atoms with van der Waals surface area (Å²) in [4.78, 5) is 0. The van der Waals surface area contributed by atoms with Gasteiger partial charge in [-0.1, -0.05) is 39.7 Å². The summed E-state index contributed by atoms with van der Waals surface area (Å²) in [7, 11) is 0. The quantitative estimate of drug-likeness (QED) is 0.483. The van der Waals surface area contributed by atoms with Crippen LogP contribution in [-0.4, -0.2) is 5.11 Å². The van der Waals surface area contributed by atoms with Gasteiger partial charge in [-0.25, -0.2) is 0 Å². The number of allylic oxidation sites excluding steroid dienone is 4. The molecule has 0 saturated heterocycles. The van der Waals surface area contributed by atoms with Gasteiger partial charge in [0.05, 0.1) is 5.76 Å². The first-order valence-electron chi connectivity index (χ1n) is 6.00. The molecule has 1 heteroatoms. The molecule has 0 bridgehead atoms. The van der Waals surface area contributed by atoms with Crippen LogP contribution in [0.1, 0.15) is 60.3 Å². The van der Waals surface area contributed by atoms with Gasteiger partial charge in [0.2, 0.25) is 0 Å². The van der Waals surface area contributed by atoms with E-state index in [0.717, 1.165) is 6.42 Å². The summed E-state index contributed by atoms with van der Waals surface area (Å²) in [5.41, 5.74) is 1.69. The summed E-state index contributed by atoms with van der Waals surface area (Å²) in [6.45, 7) is 10.6. The number of aliphatic hydroxyl groups excluding tert-OH is 1. The van der Waals surface area contributed by atoms with Crippen molar-refractivity contribution in [1.82, 2.24) is 0 Å². The van der Waals surface area contributed by atoms with Crippen LogP contribution in [0.4, 0.5) is 0 Å². The first kappa shape index (κ1) is 14.3. The molecule has 0 spiro atoms. The highest BCUT2D eigenvalue weighted by molar-refractivity contribution is 5.19. The molecule has 0 aliphatic rings. The van der Waals surface area contributed by atoms with Crippen LogP contribution >= 0.6 is 0 Å². The standard InChI is InChI=1S/C14H26O/c1-6-13(11-12(4)15)9-10-14(5,7-2)8-3/h6,11,15H,7-10H2,1-5H3/b12-11+,13-6-. The van der Waals surface area contributed by atoms with E-state index in [0.29, 0.717) is 11.2 Å². The molecule has 0 aromatic carbocycles. The topological polar surface area (TPSA) is 20.2 Å². The number of rotatable bonds is 6. The smallest absolute Gasteiger partial charge is 0.0894 e.